The summed E-state index contributed by atoms with van der Waals surface area (Å²) in [6.07, 6.45) is -0.572. The average molecular weight is 381 g/mol. The third-order valence-corrected chi connectivity index (χ3v) is 5.65. The second-order valence-electron chi connectivity index (χ2n) is 6.19. The molecule has 0 bridgehead atoms. The van der Waals surface area contributed by atoms with Gasteiger partial charge in [0.2, 0.25) is 17.7 Å². The molecular weight excluding hydrogens is 358 g/mol. The van der Waals surface area contributed by atoms with Crippen molar-refractivity contribution < 1.29 is 23.7 Å². The van der Waals surface area contributed by atoms with Crippen molar-refractivity contribution in [2.75, 3.05) is 12.3 Å². The molecule has 1 fully saturated rings. The van der Waals surface area contributed by atoms with E-state index in [0.29, 0.717) is 4.90 Å². The van der Waals surface area contributed by atoms with E-state index in [1.54, 1.807) is 24.3 Å². The number of amides is 3. The Bertz CT molecular complexity index is 697. The van der Waals surface area contributed by atoms with Crippen LogP contribution in [-0.2, 0) is 25.2 Å². The molecule has 1 aromatic rings. The first-order chi connectivity index (χ1) is 12.3. The number of hydrogen-bond donors (Lipinski definition) is 3. The summed E-state index contributed by atoms with van der Waals surface area (Å²) in [6, 6.07) is 6.94. The zero-order valence-electron chi connectivity index (χ0n) is 14.5. The highest BCUT2D eigenvalue weighted by molar-refractivity contribution is 7.85. The van der Waals surface area contributed by atoms with Gasteiger partial charge in [0.15, 0.2) is 0 Å². The van der Waals surface area contributed by atoms with Crippen LogP contribution in [0.25, 0.3) is 0 Å². The molecular formula is C17H23N3O5S. The lowest BCUT2D eigenvalue weighted by molar-refractivity contribution is -0.138. The van der Waals surface area contributed by atoms with Crippen molar-refractivity contribution in [2.24, 2.45) is 5.73 Å². The molecule has 1 aliphatic heterocycles. The van der Waals surface area contributed by atoms with Gasteiger partial charge >= 0.3 is 0 Å². The number of carbonyl (C=O) groups excluding carboxylic acids is 3. The minimum Gasteiger partial charge on any atom is -0.391 e. The van der Waals surface area contributed by atoms with E-state index in [1.165, 1.54) is 11.8 Å². The third kappa shape index (κ3) is 5.12. The molecule has 1 heterocycles. The minimum absolute atomic E-state index is 0.0761. The molecule has 1 saturated heterocycles. The Morgan fingerprint density at radius 2 is 2.00 bits per heavy atom. The Hall–Kier alpha value is -2.26. The Labute approximate surface area is 154 Å². The standard InChI is InChI=1S/C17H23N3O5S/c1-11(21)20-10-12(22)9-15(20)17(24)19-14(16(18)23)7-8-26(25)13-5-3-2-4-6-13/h2-6,12,14-15,22H,7-10H2,1H3,(H2,18,23)(H,19,24)/t12-,14-,15+,26-/m1/s1. The molecule has 0 unspecified atom stereocenters. The van der Waals surface area contributed by atoms with Gasteiger partial charge in [-0.2, -0.15) is 0 Å². The predicted molar refractivity (Wildman–Crippen MR) is 95.3 cm³/mol. The Kier molecular flexibility index (Phi) is 6.87. The van der Waals surface area contributed by atoms with Crippen LogP contribution in [0.3, 0.4) is 0 Å². The van der Waals surface area contributed by atoms with Crippen molar-refractivity contribution in [3.8, 4) is 0 Å². The van der Waals surface area contributed by atoms with Crippen LogP contribution in [0.4, 0.5) is 0 Å². The number of rotatable bonds is 7. The molecule has 1 aromatic carbocycles. The van der Waals surface area contributed by atoms with Gasteiger partial charge < -0.3 is 21.1 Å². The number of aliphatic hydroxyl groups excluding tert-OH is 1. The van der Waals surface area contributed by atoms with Crippen molar-refractivity contribution in [2.45, 2.75) is 42.8 Å². The summed E-state index contributed by atoms with van der Waals surface area (Å²) >= 11 is 0. The SMILES string of the molecule is CC(=O)N1C[C@H](O)C[C@H]1C(=O)N[C@H](CC[S@@](=O)c1ccccc1)C(N)=O. The molecule has 0 radical (unpaired) electrons. The number of nitrogens with one attached hydrogen (secondary N) is 1. The second kappa shape index (κ2) is 8.91. The molecule has 4 atom stereocenters. The van der Waals surface area contributed by atoms with E-state index in [-0.39, 0.29) is 31.0 Å². The highest BCUT2D eigenvalue weighted by atomic mass is 32.2. The molecule has 9 heteroatoms. The first-order valence-electron chi connectivity index (χ1n) is 8.28. The molecule has 4 N–H and O–H groups in total. The van der Waals surface area contributed by atoms with E-state index < -0.39 is 40.8 Å². The van der Waals surface area contributed by atoms with E-state index >= 15 is 0 Å². The highest BCUT2D eigenvalue weighted by Gasteiger charge is 2.38. The van der Waals surface area contributed by atoms with Crippen molar-refractivity contribution in [3.63, 3.8) is 0 Å². The molecule has 26 heavy (non-hydrogen) atoms. The summed E-state index contributed by atoms with van der Waals surface area (Å²) in [5.41, 5.74) is 5.35. The first kappa shape index (κ1) is 20.1. The lowest BCUT2D eigenvalue weighted by Gasteiger charge is -2.24. The van der Waals surface area contributed by atoms with Crippen LogP contribution in [0.1, 0.15) is 19.8 Å². The summed E-state index contributed by atoms with van der Waals surface area (Å²) in [7, 11) is -1.32. The van der Waals surface area contributed by atoms with Crippen LogP contribution in [0.2, 0.25) is 0 Å². The normalized spacial score (nSPS) is 21.8. The van der Waals surface area contributed by atoms with Gasteiger partial charge in [-0.25, -0.2) is 0 Å². The lowest BCUT2D eigenvalue weighted by atomic mass is 10.1. The Balaban J connectivity index is 1.97. The van der Waals surface area contributed by atoms with Gasteiger partial charge in [-0.1, -0.05) is 18.2 Å². The fourth-order valence-corrected chi connectivity index (χ4v) is 4.03. The highest BCUT2D eigenvalue weighted by Crippen LogP contribution is 2.18. The summed E-state index contributed by atoms with van der Waals surface area (Å²) in [5, 5.41) is 12.2. The van der Waals surface area contributed by atoms with Crippen molar-refractivity contribution in [1.82, 2.24) is 10.2 Å². The molecule has 0 aromatic heterocycles. The number of β-amino-alcohol motifs (C(OH)–C–C–N with tert-alkyl or cyclic N) is 1. The molecule has 3 amide bonds. The largest absolute Gasteiger partial charge is 0.391 e. The van der Waals surface area contributed by atoms with Gasteiger partial charge in [0.1, 0.15) is 12.1 Å². The summed E-state index contributed by atoms with van der Waals surface area (Å²) in [6.45, 7) is 1.39. The number of nitrogens with zero attached hydrogens (tertiary/aromatic N) is 1. The van der Waals surface area contributed by atoms with Gasteiger partial charge in [-0.15, -0.1) is 0 Å². The van der Waals surface area contributed by atoms with E-state index in [0.717, 1.165) is 0 Å². The molecule has 0 saturated carbocycles. The quantitative estimate of drug-likeness (QED) is 0.566. The van der Waals surface area contributed by atoms with Crippen LogP contribution in [-0.4, -0.2) is 62.4 Å². The first-order valence-corrected chi connectivity index (χ1v) is 9.60. The van der Waals surface area contributed by atoms with Gasteiger partial charge in [0.25, 0.3) is 0 Å². The van der Waals surface area contributed by atoms with Crippen LogP contribution >= 0.6 is 0 Å². The third-order valence-electron chi connectivity index (χ3n) is 4.24. The molecule has 1 aliphatic rings. The van der Waals surface area contributed by atoms with Crippen molar-refractivity contribution in [1.29, 1.82) is 0 Å². The number of primary amides is 1. The smallest absolute Gasteiger partial charge is 0.243 e. The van der Waals surface area contributed by atoms with Crippen LogP contribution in [0.15, 0.2) is 35.2 Å². The maximum absolute atomic E-state index is 12.4. The molecule has 0 spiro atoms. The molecule has 142 valence electrons. The van der Waals surface area contributed by atoms with Gasteiger partial charge in [0.05, 0.1) is 16.9 Å². The average Bonchev–Trinajstić information content (AvgIpc) is 3.01. The number of likely N-dealkylation sites (tertiary alicyclic amines) is 1. The van der Waals surface area contributed by atoms with E-state index in [4.69, 9.17) is 5.73 Å². The topological polar surface area (TPSA) is 130 Å². The zero-order chi connectivity index (χ0) is 19.3. The summed E-state index contributed by atoms with van der Waals surface area (Å²) < 4.78 is 12.3. The maximum atomic E-state index is 12.4. The predicted octanol–water partition coefficient (Wildman–Crippen LogP) is -0.864. The number of carbonyl (C=O) groups is 3. The molecule has 2 rings (SSSR count). The second-order valence-corrected chi connectivity index (χ2v) is 7.76. The fourth-order valence-electron chi connectivity index (χ4n) is 2.88. The monoisotopic (exact) mass is 381 g/mol. The lowest BCUT2D eigenvalue weighted by Crippen LogP contribution is -2.52. The molecule has 8 nitrogen and oxygen atoms in total. The van der Waals surface area contributed by atoms with Crippen LogP contribution in [0.5, 0.6) is 0 Å². The van der Waals surface area contributed by atoms with E-state index in [1.807, 2.05) is 6.07 Å². The van der Waals surface area contributed by atoms with Crippen molar-refractivity contribution >= 4 is 28.5 Å². The number of benzene rings is 1. The van der Waals surface area contributed by atoms with Gasteiger partial charge in [0, 0.05) is 30.5 Å². The number of aliphatic hydroxyl groups is 1. The zero-order valence-corrected chi connectivity index (χ0v) is 15.3. The van der Waals surface area contributed by atoms with E-state index in [2.05, 4.69) is 5.32 Å². The van der Waals surface area contributed by atoms with Gasteiger partial charge in [-0.3, -0.25) is 18.6 Å². The van der Waals surface area contributed by atoms with Crippen LogP contribution < -0.4 is 11.1 Å². The van der Waals surface area contributed by atoms with Crippen LogP contribution in [0, 0.1) is 0 Å². The van der Waals surface area contributed by atoms with E-state index in [9.17, 15) is 23.7 Å². The summed E-state index contributed by atoms with van der Waals surface area (Å²) in [5.74, 6) is -1.47. The minimum atomic E-state index is -1.32. The number of nitrogens with two attached hydrogens (primary N) is 1. The Morgan fingerprint density at radius 1 is 1.35 bits per heavy atom. The van der Waals surface area contributed by atoms with Gasteiger partial charge in [-0.05, 0) is 18.6 Å². The molecule has 0 aliphatic carbocycles. The summed E-state index contributed by atoms with van der Waals surface area (Å²) in [4.78, 5) is 37.6. The van der Waals surface area contributed by atoms with Crippen molar-refractivity contribution in [3.05, 3.63) is 30.3 Å². The Morgan fingerprint density at radius 3 is 2.58 bits per heavy atom. The number of hydrogen-bond acceptors (Lipinski definition) is 5. The maximum Gasteiger partial charge on any atom is 0.243 e. The fraction of sp³-hybridized carbons (Fsp3) is 0.471.